The summed E-state index contributed by atoms with van der Waals surface area (Å²) in [5.41, 5.74) is -0.732. The van der Waals surface area contributed by atoms with Crippen LogP contribution in [0.25, 0.3) is 0 Å². The van der Waals surface area contributed by atoms with E-state index >= 15 is 0 Å². The van der Waals surface area contributed by atoms with E-state index in [0.717, 1.165) is 25.6 Å². The number of ether oxygens (including phenoxy) is 1. The number of carbonyl (C=O) groups is 1. The van der Waals surface area contributed by atoms with Crippen LogP contribution in [0.4, 0.5) is 5.95 Å². The zero-order valence-electron chi connectivity index (χ0n) is 12.3. The minimum absolute atomic E-state index is 0.0725. The van der Waals surface area contributed by atoms with Gasteiger partial charge in [-0.05, 0) is 13.0 Å². The van der Waals surface area contributed by atoms with Crippen molar-refractivity contribution in [2.45, 2.75) is 12.5 Å². The van der Waals surface area contributed by atoms with Crippen molar-refractivity contribution in [3.63, 3.8) is 0 Å². The van der Waals surface area contributed by atoms with Gasteiger partial charge in [0.2, 0.25) is 5.95 Å². The van der Waals surface area contributed by atoms with Crippen molar-refractivity contribution in [3.8, 4) is 0 Å². The number of amides is 1. The van der Waals surface area contributed by atoms with E-state index < -0.39 is 5.60 Å². The predicted molar refractivity (Wildman–Crippen MR) is 78.1 cm³/mol. The molecule has 1 atom stereocenters. The van der Waals surface area contributed by atoms with Crippen LogP contribution in [-0.4, -0.2) is 72.3 Å². The first kappa shape index (κ1) is 14.2. The Morgan fingerprint density at radius 1 is 1.29 bits per heavy atom. The number of hydrogen-bond donors (Lipinski definition) is 1. The Labute approximate surface area is 124 Å². The monoisotopic (exact) mass is 291 g/mol. The van der Waals surface area contributed by atoms with Gasteiger partial charge in [-0.3, -0.25) is 4.79 Å². The third-order valence-electron chi connectivity index (χ3n) is 4.02. The van der Waals surface area contributed by atoms with Gasteiger partial charge < -0.3 is 19.9 Å². The van der Waals surface area contributed by atoms with E-state index in [0.29, 0.717) is 26.2 Å². The summed E-state index contributed by atoms with van der Waals surface area (Å²) in [6, 6.07) is 1.80. The summed E-state index contributed by atoms with van der Waals surface area (Å²) >= 11 is 0. The Kier molecular flexibility index (Phi) is 4.03. The van der Waals surface area contributed by atoms with Gasteiger partial charge in [0.1, 0.15) is 0 Å². The highest BCUT2D eigenvalue weighted by Crippen LogP contribution is 2.18. The molecule has 2 aliphatic heterocycles. The van der Waals surface area contributed by atoms with Gasteiger partial charge in [0.25, 0.3) is 5.91 Å². The van der Waals surface area contributed by atoms with Crippen LogP contribution in [-0.2, 0) is 9.53 Å². The second kappa shape index (κ2) is 5.95. The summed E-state index contributed by atoms with van der Waals surface area (Å²) in [5.74, 6) is 0.801. The highest BCUT2D eigenvalue weighted by molar-refractivity contribution is 5.85. The smallest absolute Gasteiger partial charge is 0.255 e. The highest BCUT2D eigenvalue weighted by atomic mass is 16.5. The molecule has 0 radical (unpaired) electrons. The average Bonchev–Trinajstić information content (AvgIpc) is 2.56. The number of aromatic nitrogens is 2. The van der Waals surface area contributed by atoms with Gasteiger partial charge in [0.15, 0.2) is 5.60 Å². The van der Waals surface area contributed by atoms with Crippen molar-refractivity contribution in [2.24, 2.45) is 0 Å². The van der Waals surface area contributed by atoms with Crippen LogP contribution in [0.3, 0.4) is 0 Å². The lowest BCUT2D eigenvalue weighted by Gasteiger charge is -2.41. The summed E-state index contributed by atoms with van der Waals surface area (Å²) < 4.78 is 5.70. The molecule has 7 nitrogen and oxygen atoms in total. The summed E-state index contributed by atoms with van der Waals surface area (Å²) in [7, 11) is 0. The molecule has 0 bridgehead atoms. The van der Waals surface area contributed by atoms with E-state index in [-0.39, 0.29) is 5.91 Å². The summed E-state index contributed by atoms with van der Waals surface area (Å²) in [4.78, 5) is 25.1. The zero-order valence-corrected chi connectivity index (χ0v) is 12.3. The number of piperazine rings is 1. The summed E-state index contributed by atoms with van der Waals surface area (Å²) in [6.45, 7) is 6.69. The molecule has 2 saturated heterocycles. The van der Waals surface area contributed by atoms with Crippen LogP contribution in [0.1, 0.15) is 6.92 Å². The van der Waals surface area contributed by atoms with Crippen molar-refractivity contribution < 1.29 is 9.53 Å². The standard InChI is InChI=1S/C14H21N5O2/c1-14(11-15-5-10-21-14)12(20)18-6-8-19(9-7-18)13-16-3-2-4-17-13/h2-4,15H,5-11H2,1H3/t14-/m0/s1. The molecule has 0 aliphatic carbocycles. The maximum atomic E-state index is 12.6. The fourth-order valence-corrected chi connectivity index (χ4v) is 2.76. The number of hydrogen-bond acceptors (Lipinski definition) is 6. The van der Waals surface area contributed by atoms with Crippen molar-refractivity contribution in [1.29, 1.82) is 0 Å². The first-order valence-electron chi connectivity index (χ1n) is 7.35. The molecule has 2 aliphatic rings. The third kappa shape index (κ3) is 2.98. The molecule has 0 aromatic carbocycles. The second-order valence-electron chi connectivity index (χ2n) is 5.58. The predicted octanol–water partition coefficient (Wildman–Crippen LogP) is -0.496. The minimum Gasteiger partial charge on any atom is -0.363 e. The average molecular weight is 291 g/mol. The van der Waals surface area contributed by atoms with E-state index in [1.807, 2.05) is 11.8 Å². The van der Waals surface area contributed by atoms with Gasteiger partial charge in [0, 0.05) is 51.7 Å². The first-order chi connectivity index (χ1) is 10.2. The minimum atomic E-state index is -0.732. The van der Waals surface area contributed by atoms with E-state index in [4.69, 9.17) is 4.74 Å². The largest absolute Gasteiger partial charge is 0.363 e. The topological polar surface area (TPSA) is 70.6 Å². The van der Waals surface area contributed by atoms with Crippen molar-refractivity contribution in [3.05, 3.63) is 18.5 Å². The molecular weight excluding hydrogens is 270 g/mol. The Balaban J connectivity index is 1.59. The molecule has 7 heteroatoms. The maximum Gasteiger partial charge on any atom is 0.255 e. The van der Waals surface area contributed by atoms with Crippen molar-refractivity contribution in [2.75, 3.05) is 50.8 Å². The van der Waals surface area contributed by atoms with Gasteiger partial charge in [-0.2, -0.15) is 0 Å². The molecule has 114 valence electrons. The summed E-state index contributed by atoms with van der Waals surface area (Å²) in [6.07, 6.45) is 3.48. The zero-order chi connectivity index (χ0) is 14.7. The summed E-state index contributed by atoms with van der Waals surface area (Å²) in [5, 5.41) is 3.23. The third-order valence-corrected chi connectivity index (χ3v) is 4.02. The first-order valence-corrected chi connectivity index (χ1v) is 7.35. The van der Waals surface area contributed by atoms with E-state index in [2.05, 4.69) is 20.2 Å². The molecule has 3 rings (SSSR count). The lowest BCUT2D eigenvalue weighted by molar-refractivity contribution is -0.159. The number of nitrogens with one attached hydrogen (secondary N) is 1. The molecule has 1 aromatic rings. The van der Waals surface area contributed by atoms with Crippen LogP contribution in [0.5, 0.6) is 0 Å². The highest BCUT2D eigenvalue weighted by Gasteiger charge is 2.40. The second-order valence-corrected chi connectivity index (χ2v) is 5.58. The quantitative estimate of drug-likeness (QED) is 0.792. The van der Waals surface area contributed by atoms with Crippen LogP contribution in [0, 0.1) is 0 Å². The van der Waals surface area contributed by atoms with Gasteiger partial charge in [-0.25, -0.2) is 9.97 Å². The number of rotatable bonds is 2. The van der Waals surface area contributed by atoms with Crippen molar-refractivity contribution >= 4 is 11.9 Å². The molecule has 3 heterocycles. The van der Waals surface area contributed by atoms with Gasteiger partial charge in [-0.1, -0.05) is 0 Å². The van der Waals surface area contributed by atoms with Crippen molar-refractivity contribution in [1.82, 2.24) is 20.2 Å². The van der Waals surface area contributed by atoms with Gasteiger partial charge >= 0.3 is 0 Å². The lowest BCUT2D eigenvalue weighted by atomic mass is 10.0. The molecule has 0 spiro atoms. The molecule has 1 N–H and O–H groups in total. The van der Waals surface area contributed by atoms with E-state index in [1.165, 1.54) is 0 Å². The molecule has 1 amide bonds. The fourth-order valence-electron chi connectivity index (χ4n) is 2.76. The molecule has 0 unspecified atom stereocenters. The maximum absolute atomic E-state index is 12.6. The fraction of sp³-hybridized carbons (Fsp3) is 0.643. The number of nitrogens with zero attached hydrogens (tertiary/aromatic N) is 4. The van der Waals surface area contributed by atoms with E-state index in [9.17, 15) is 4.79 Å². The Hall–Kier alpha value is -1.73. The SMILES string of the molecule is C[C@@]1(C(=O)N2CCN(c3ncccn3)CC2)CNCCO1. The van der Waals surface area contributed by atoms with Gasteiger partial charge in [0.05, 0.1) is 6.61 Å². The van der Waals surface area contributed by atoms with Crippen LogP contribution >= 0.6 is 0 Å². The lowest BCUT2D eigenvalue weighted by Crippen LogP contribution is -2.61. The Bertz CT molecular complexity index is 481. The van der Waals surface area contributed by atoms with Crippen LogP contribution < -0.4 is 10.2 Å². The van der Waals surface area contributed by atoms with Crippen LogP contribution in [0.15, 0.2) is 18.5 Å². The van der Waals surface area contributed by atoms with E-state index in [1.54, 1.807) is 18.5 Å². The molecule has 21 heavy (non-hydrogen) atoms. The molecule has 1 aromatic heterocycles. The Morgan fingerprint density at radius 2 is 2.00 bits per heavy atom. The molecule has 2 fully saturated rings. The van der Waals surface area contributed by atoms with Gasteiger partial charge in [-0.15, -0.1) is 0 Å². The number of morpholine rings is 1. The van der Waals surface area contributed by atoms with Crippen LogP contribution in [0.2, 0.25) is 0 Å². The Morgan fingerprint density at radius 3 is 2.62 bits per heavy atom. The number of anilines is 1. The molecular formula is C14H21N5O2. The normalized spacial score (nSPS) is 26.7. The number of carbonyl (C=O) groups excluding carboxylic acids is 1. The molecule has 0 saturated carbocycles.